The van der Waals surface area contributed by atoms with Crippen LogP contribution in [-0.2, 0) is 6.42 Å². The van der Waals surface area contributed by atoms with Crippen LogP contribution in [0.1, 0.15) is 5.89 Å². The maximum Gasteiger partial charge on any atom is 0.199 e. The molecule has 0 saturated carbocycles. The first-order valence-electron chi connectivity index (χ1n) is 2.54. The summed E-state index contributed by atoms with van der Waals surface area (Å²) in [7, 11) is 0. The monoisotopic (exact) mass is 187 g/mol. The van der Waals surface area contributed by atoms with E-state index in [1.54, 1.807) is 12.3 Å². The minimum Gasteiger partial charge on any atom is -0.434 e. The third-order valence-corrected chi connectivity index (χ3v) is 1.21. The Morgan fingerprint density at radius 1 is 1.89 bits per heavy atom. The highest BCUT2D eigenvalue weighted by Crippen LogP contribution is 2.10. The predicted octanol–water partition coefficient (Wildman–Crippen LogP) is 2.17. The zero-order chi connectivity index (χ0) is 6.69. The Kier molecular flexibility index (Phi) is 2.05. The van der Waals surface area contributed by atoms with Gasteiger partial charge in [-0.2, -0.15) is 0 Å². The number of oxazole rings is 1. The summed E-state index contributed by atoms with van der Waals surface area (Å²) < 4.78 is 5.72. The second kappa shape index (κ2) is 2.82. The van der Waals surface area contributed by atoms with Gasteiger partial charge in [0.05, 0.1) is 6.20 Å². The lowest BCUT2D eigenvalue weighted by Gasteiger charge is -1.81. The zero-order valence-corrected chi connectivity index (χ0v) is 6.39. The van der Waals surface area contributed by atoms with Crippen LogP contribution in [0.4, 0.5) is 0 Å². The van der Waals surface area contributed by atoms with Crippen molar-refractivity contribution in [2.45, 2.75) is 6.42 Å². The number of rotatable bonds is 2. The SMILES string of the molecule is C=CCc1ncc(Br)o1. The van der Waals surface area contributed by atoms with Gasteiger partial charge in [0, 0.05) is 6.42 Å². The van der Waals surface area contributed by atoms with Gasteiger partial charge >= 0.3 is 0 Å². The Bertz CT molecular complexity index is 207. The lowest BCUT2D eigenvalue weighted by atomic mass is 10.4. The normalized spacial score (nSPS) is 9.44. The van der Waals surface area contributed by atoms with Crippen molar-refractivity contribution in [3.05, 3.63) is 29.4 Å². The molecule has 0 aliphatic carbocycles. The maximum atomic E-state index is 5.06. The number of aromatic nitrogens is 1. The molecule has 0 amide bonds. The number of halogens is 1. The number of hydrogen-bond donors (Lipinski definition) is 0. The molecule has 1 heterocycles. The minimum atomic E-state index is 0.666. The van der Waals surface area contributed by atoms with Gasteiger partial charge in [-0.05, 0) is 15.9 Å². The van der Waals surface area contributed by atoms with Crippen LogP contribution in [0, 0.1) is 0 Å². The molecule has 48 valence electrons. The largest absolute Gasteiger partial charge is 0.434 e. The van der Waals surface area contributed by atoms with E-state index in [1.165, 1.54) is 0 Å². The van der Waals surface area contributed by atoms with Gasteiger partial charge < -0.3 is 4.42 Å². The van der Waals surface area contributed by atoms with Crippen molar-refractivity contribution >= 4 is 15.9 Å². The van der Waals surface area contributed by atoms with Crippen molar-refractivity contribution in [1.29, 1.82) is 0 Å². The Balaban J connectivity index is 2.72. The molecular formula is C6H6BrNO. The molecule has 3 heteroatoms. The van der Waals surface area contributed by atoms with E-state index in [0.29, 0.717) is 17.0 Å². The second-order valence-electron chi connectivity index (χ2n) is 1.55. The molecule has 1 aromatic rings. The van der Waals surface area contributed by atoms with Crippen LogP contribution >= 0.6 is 15.9 Å². The van der Waals surface area contributed by atoms with Gasteiger partial charge in [-0.3, -0.25) is 0 Å². The molecule has 0 unspecified atom stereocenters. The van der Waals surface area contributed by atoms with Crippen LogP contribution in [-0.4, -0.2) is 4.98 Å². The molecule has 0 aromatic carbocycles. The smallest absolute Gasteiger partial charge is 0.199 e. The fourth-order valence-corrected chi connectivity index (χ4v) is 0.795. The standard InChI is InChI=1S/C6H6BrNO/c1-2-3-6-8-4-5(7)9-6/h2,4H,1,3H2. The first-order chi connectivity index (χ1) is 4.33. The lowest BCUT2D eigenvalue weighted by Crippen LogP contribution is -1.75. The second-order valence-corrected chi connectivity index (χ2v) is 2.33. The molecule has 0 spiro atoms. The van der Waals surface area contributed by atoms with Crippen molar-refractivity contribution in [3.63, 3.8) is 0 Å². The summed E-state index contributed by atoms with van der Waals surface area (Å²) in [5, 5.41) is 0. The van der Waals surface area contributed by atoms with E-state index in [0.717, 1.165) is 0 Å². The Morgan fingerprint density at radius 2 is 2.67 bits per heavy atom. The van der Waals surface area contributed by atoms with E-state index in [2.05, 4.69) is 27.5 Å². The van der Waals surface area contributed by atoms with Gasteiger partial charge in [0.2, 0.25) is 0 Å². The molecule has 0 aliphatic rings. The van der Waals surface area contributed by atoms with E-state index < -0.39 is 0 Å². The highest BCUT2D eigenvalue weighted by molar-refractivity contribution is 9.10. The van der Waals surface area contributed by atoms with E-state index >= 15 is 0 Å². The third kappa shape index (κ3) is 1.68. The third-order valence-electron chi connectivity index (χ3n) is 0.844. The summed E-state index contributed by atoms with van der Waals surface area (Å²) in [4.78, 5) is 3.92. The van der Waals surface area contributed by atoms with Crippen LogP contribution in [0.3, 0.4) is 0 Å². The van der Waals surface area contributed by atoms with E-state index in [-0.39, 0.29) is 0 Å². The fraction of sp³-hybridized carbons (Fsp3) is 0.167. The summed E-state index contributed by atoms with van der Waals surface area (Å²) in [5.74, 6) is 0.692. The number of nitrogens with zero attached hydrogens (tertiary/aromatic N) is 1. The molecule has 9 heavy (non-hydrogen) atoms. The maximum absolute atomic E-state index is 5.06. The average molecular weight is 188 g/mol. The molecule has 0 saturated heterocycles. The molecule has 1 rings (SSSR count). The predicted molar refractivity (Wildman–Crippen MR) is 38.1 cm³/mol. The van der Waals surface area contributed by atoms with Crippen LogP contribution < -0.4 is 0 Å². The van der Waals surface area contributed by atoms with Crippen molar-refractivity contribution in [2.24, 2.45) is 0 Å². The summed E-state index contributed by atoms with van der Waals surface area (Å²) in [5.41, 5.74) is 0. The van der Waals surface area contributed by atoms with Crippen LogP contribution in [0.2, 0.25) is 0 Å². The average Bonchev–Trinajstić information content (AvgIpc) is 2.17. The number of allylic oxidation sites excluding steroid dienone is 1. The molecule has 2 nitrogen and oxygen atoms in total. The highest BCUT2D eigenvalue weighted by atomic mass is 79.9. The zero-order valence-electron chi connectivity index (χ0n) is 4.80. The van der Waals surface area contributed by atoms with Crippen LogP contribution in [0.25, 0.3) is 0 Å². The van der Waals surface area contributed by atoms with E-state index in [1.807, 2.05) is 0 Å². The molecule has 1 aromatic heterocycles. The number of hydrogen-bond acceptors (Lipinski definition) is 2. The minimum absolute atomic E-state index is 0.666. The molecule has 0 radical (unpaired) electrons. The van der Waals surface area contributed by atoms with Crippen LogP contribution in [0.15, 0.2) is 27.9 Å². The van der Waals surface area contributed by atoms with E-state index in [4.69, 9.17) is 4.42 Å². The highest BCUT2D eigenvalue weighted by Gasteiger charge is 1.95. The molecule has 0 atom stereocenters. The first-order valence-corrected chi connectivity index (χ1v) is 3.33. The Labute approximate surface area is 61.7 Å². The summed E-state index contributed by atoms with van der Waals surface area (Å²) in [6.45, 7) is 3.55. The summed E-state index contributed by atoms with van der Waals surface area (Å²) >= 11 is 3.14. The lowest BCUT2D eigenvalue weighted by molar-refractivity contribution is 0.488. The van der Waals surface area contributed by atoms with Gasteiger partial charge in [-0.1, -0.05) is 6.08 Å². The van der Waals surface area contributed by atoms with Crippen molar-refractivity contribution in [2.75, 3.05) is 0 Å². The van der Waals surface area contributed by atoms with Gasteiger partial charge in [0.1, 0.15) is 0 Å². The molecule has 0 N–H and O–H groups in total. The van der Waals surface area contributed by atoms with Gasteiger partial charge in [-0.15, -0.1) is 6.58 Å². The molecule has 0 aliphatic heterocycles. The van der Waals surface area contributed by atoms with Crippen molar-refractivity contribution in [1.82, 2.24) is 4.98 Å². The van der Waals surface area contributed by atoms with E-state index in [9.17, 15) is 0 Å². The topological polar surface area (TPSA) is 26.0 Å². The molecule has 0 fully saturated rings. The van der Waals surface area contributed by atoms with Gasteiger partial charge in [0.25, 0.3) is 0 Å². The van der Waals surface area contributed by atoms with Crippen LogP contribution in [0.5, 0.6) is 0 Å². The molecule has 0 bridgehead atoms. The summed E-state index contributed by atoms with van der Waals surface area (Å²) in [6.07, 6.45) is 4.06. The Hall–Kier alpha value is -0.570. The van der Waals surface area contributed by atoms with Gasteiger partial charge in [0.15, 0.2) is 10.6 Å². The van der Waals surface area contributed by atoms with Gasteiger partial charge in [-0.25, -0.2) is 4.98 Å². The fourth-order valence-electron chi connectivity index (χ4n) is 0.506. The van der Waals surface area contributed by atoms with Crippen molar-refractivity contribution in [3.8, 4) is 0 Å². The summed E-state index contributed by atoms with van der Waals surface area (Å²) in [6, 6.07) is 0. The Morgan fingerprint density at radius 3 is 3.11 bits per heavy atom. The van der Waals surface area contributed by atoms with Crippen molar-refractivity contribution < 1.29 is 4.42 Å². The first kappa shape index (κ1) is 6.55. The quantitative estimate of drug-likeness (QED) is 0.664. The molecular weight excluding hydrogens is 182 g/mol.